The van der Waals surface area contributed by atoms with Crippen LogP contribution in [-0.2, 0) is 22.6 Å². The van der Waals surface area contributed by atoms with Crippen LogP contribution in [0, 0.1) is 0 Å². The molecule has 1 unspecified atom stereocenters. The molecule has 0 saturated carbocycles. The van der Waals surface area contributed by atoms with Crippen LogP contribution in [0.15, 0.2) is 53.4 Å². The van der Waals surface area contributed by atoms with Crippen LogP contribution in [0.5, 0.6) is 0 Å². The van der Waals surface area contributed by atoms with Crippen LogP contribution in [-0.4, -0.2) is 28.5 Å². The van der Waals surface area contributed by atoms with E-state index in [9.17, 15) is 9.59 Å². The number of para-hydroxylation sites is 1. The van der Waals surface area contributed by atoms with Gasteiger partial charge in [0.1, 0.15) is 0 Å². The maximum atomic E-state index is 12.7. The predicted molar refractivity (Wildman–Crippen MR) is 94.9 cm³/mol. The summed E-state index contributed by atoms with van der Waals surface area (Å²) in [7, 11) is 0. The zero-order valence-corrected chi connectivity index (χ0v) is 14.0. The molecule has 0 aliphatic carbocycles. The highest BCUT2D eigenvalue weighted by atomic mass is 32.2. The minimum Gasteiger partial charge on any atom is -0.338 e. The Kier molecular flexibility index (Phi) is 4.02. The Morgan fingerprint density at radius 3 is 2.75 bits per heavy atom. The molecule has 2 aromatic rings. The monoisotopic (exact) mass is 338 g/mol. The van der Waals surface area contributed by atoms with Crippen molar-refractivity contribution in [3.05, 3.63) is 59.7 Å². The van der Waals surface area contributed by atoms with Gasteiger partial charge < -0.3 is 10.2 Å². The summed E-state index contributed by atoms with van der Waals surface area (Å²) in [5.41, 5.74) is 3.37. The summed E-state index contributed by atoms with van der Waals surface area (Å²) in [5, 5.41) is 2.55. The summed E-state index contributed by atoms with van der Waals surface area (Å²) < 4.78 is 0. The largest absolute Gasteiger partial charge is 0.338 e. The van der Waals surface area contributed by atoms with E-state index in [1.165, 1.54) is 22.9 Å². The van der Waals surface area contributed by atoms with Crippen molar-refractivity contribution < 1.29 is 9.59 Å². The topological polar surface area (TPSA) is 49.4 Å². The molecule has 5 heteroatoms. The summed E-state index contributed by atoms with van der Waals surface area (Å²) in [6, 6.07) is 16.0. The number of carbonyl (C=O) groups is 2. The maximum absolute atomic E-state index is 12.7. The molecule has 2 heterocycles. The Balaban J connectivity index is 1.45. The maximum Gasteiger partial charge on any atom is 0.238 e. The molecule has 0 bridgehead atoms. The van der Waals surface area contributed by atoms with Gasteiger partial charge in [0.15, 0.2) is 0 Å². The summed E-state index contributed by atoms with van der Waals surface area (Å²) in [6.45, 7) is 1.37. The fourth-order valence-corrected chi connectivity index (χ4v) is 4.32. The van der Waals surface area contributed by atoms with Gasteiger partial charge in [-0.3, -0.25) is 9.59 Å². The smallest absolute Gasteiger partial charge is 0.238 e. The number of fused-ring (bicyclic) bond motifs is 2. The second-order valence-electron chi connectivity index (χ2n) is 6.13. The van der Waals surface area contributed by atoms with Crippen molar-refractivity contribution in [2.24, 2.45) is 0 Å². The van der Waals surface area contributed by atoms with Gasteiger partial charge >= 0.3 is 0 Å². The minimum atomic E-state index is -0.357. The standard InChI is InChI=1S/C19H18N2O2S/c22-18(21-10-9-13-5-1-2-6-14(13)12-21)11-17-19(23)20-15-7-3-4-8-16(15)24-17/h1-8,17H,9-12H2,(H,20,23). The Hall–Kier alpha value is -2.27. The van der Waals surface area contributed by atoms with Gasteiger partial charge in [0.2, 0.25) is 11.8 Å². The molecule has 1 N–H and O–H groups in total. The van der Waals surface area contributed by atoms with Gasteiger partial charge in [0.05, 0.1) is 10.9 Å². The van der Waals surface area contributed by atoms with Crippen molar-refractivity contribution in [3.63, 3.8) is 0 Å². The van der Waals surface area contributed by atoms with Crippen molar-refractivity contribution in [2.75, 3.05) is 11.9 Å². The number of nitrogens with zero attached hydrogens (tertiary/aromatic N) is 1. The molecule has 0 fully saturated rings. The van der Waals surface area contributed by atoms with Gasteiger partial charge in [-0.2, -0.15) is 0 Å². The van der Waals surface area contributed by atoms with E-state index in [1.807, 2.05) is 41.3 Å². The Morgan fingerprint density at radius 2 is 1.88 bits per heavy atom. The van der Waals surface area contributed by atoms with Crippen LogP contribution in [0.2, 0.25) is 0 Å². The van der Waals surface area contributed by atoms with E-state index in [4.69, 9.17) is 0 Å². The molecule has 24 heavy (non-hydrogen) atoms. The van der Waals surface area contributed by atoms with Crippen molar-refractivity contribution in [1.29, 1.82) is 0 Å². The number of amides is 2. The molecule has 0 aromatic heterocycles. The van der Waals surface area contributed by atoms with Crippen LogP contribution < -0.4 is 5.32 Å². The molecule has 0 saturated heterocycles. The number of thioether (sulfide) groups is 1. The molecule has 1 atom stereocenters. The van der Waals surface area contributed by atoms with E-state index in [2.05, 4.69) is 17.4 Å². The Morgan fingerprint density at radius 1 is 1.12 bits per heavy atom. The van der Waals surface area contributed by atoms with Crippen molar-refractivity contribution in [1.82, 2.24) is 4.90 Å². The molecular formula is C19H18N2O2S. The molecular weight excluding hydrogens is 320 g/mol. The van der Waals surface area contributed by atoms with Crippen molar-refractivity contribution in [2.45, 2.75) is 29.5 Å². The van der Waals surface area contributed by atoms with Crippen LogP contribution >= 0.6 is 11.8 Å². The van der Waals surface area contributed by atoms with Gasteiger partial charge in [-0.15, -0.1) is 11.8 Å². The van der Waals surface area contributed by atoms with E-state index in [0.29, 0.717) is 6.54 Å². The summed E-state index contributed by atoms with van der Waals surface area (Å²) in [5.74, 6) is -0.0269. The van der Waals surface area contributed by atoms with E-state index in [1.54, 1.807) is 0 Å². The molecule has 2 aliphatic heterocycles. The molecule has 2 amide bonds. The van der Waals surface area contributed by atoms with E-state index >= 15 is 0 Å². The van der Waals surface area contributed by atoms with E-state index in [0.717, 1.165) is 23.5 Å². The zero-order valence-electron chi connectivity index (χ0n) is 13.2. The van der Waals surface area contributed by atoms with Gasteiger partial charge in [0.25, 0.3) is 0 Å². The van der Waals surface area contributed by atoms with Gasteiger partial charge in [0, 0.05) is 24.4 Å². The van der Waals surface area contributed by atoms with E-state index in [-0.39, 0.29) is 23.5 Å². The van der Waals surface area contributed by atoms with E-state index < -0.39 is 0 Å². The number of benzene rings is 2. The quantitative estimate of drug-likeness (QED) is 0.915. The molecule has 0 spiro atoms. The normalized spacial score (nSPS) is 19.2. The average Bonchev–Trinajstić information content (AvgIpc) is 2.62. The third-order valence-corrected chi connectivity index (χ3v) is 5.83. The number of rotatable bonds is 2. The first-order chi connectivity index (χ1) is 11.7. The highest BCUT2D eigenvalue weighted by molar-refractivity contribution is 8.01. The summed E-state index contributed by atoms with van der Waals surface area (Å²) in [4.78, 5) is 27.8. The minimum absolute atomic E-state index is 0.0523. The highest BCUT2D eigenvalue weighted by Gasteiger charge is 2.31. The number of anilines is 1. The average molecular weight is 338 g/mol. The molecule has 4 nitrogen and oxygen atoms in total. The molecule has 0 radical (unpaired) electrons. The fraction of sp³-hybridized carbons (Fsp3) is 0.263. The first-order valence-electron chi connectivity index (χ1n) is 8.12. The van der Waals surface area contributed by atoms with Crippen LogP contribution in [0.1, 0.15) is 17.5 Å². The van der Waals surface area contributed by atoms with Crippen LogP contribution in [0.4, 0.5) is 5.69 Å². The first kappa shape index (κ1) is 15.3. The SMILES string of the molecule is O=C1Nc2ccccc2SC1CC(=O)N1CCc2ccccc2C1. The van der Waals surface area contributed by atoms with Crippen molar-refractivity contribution in [3.8, 4) is 0 Å². The Bertz CT molecular complexity index is 805. The summed E-state index contributed by atoms with van der Waals surface area (Å²) in [6.07, 6.45) is 1.13. The third-order valence-electron chi connectivity index (χ3n) is 4.55. The lowest BCUT2D eigenvalue weighted by molar-refractivity contribution is -0.133. The Labute approximate surface area is 145 Å². The molecule has 2 aliphatic rings. The first-order valence-corrected chi connectivity index (χ1v) is 9.00. The number of carbonyl (C=O) groups excluding carboxylic acids is 2. The van der Waals surface area contributed by atoms with Crippen LogP contribution in [0.3, 0.4) is 0 Å². The van der Waals surface area contributed by atoms with Crippen LogP contribution in [0.25, 0.3) is 0 Å². The number of nitrogens with one attached hydrogen (secondary N) is 1. The molecule has 4 rings (SSSR count). The van der Waals surface area contributed by atoms with Crippen molar-refractivity contribution >= 4 is 29.3 Å². The lowest BCUT2D eigenvalue weighted by Gasteiger charge is -2.31. The number of hydrogen-bond acceptors (Lipinski definition) is 3. The predicted octanol–water partition coefficient (Wildman–Crippen LogP) is 3.07. The van der Waals surface area contributed by atoms with Gasteiger partial charge in [-0.25, -0.2) is 0 Å². The lowest BCUT2D eigenvalue weighted by Crippen LogP contribution is -2.40. The summed E-state index contributed by atoms with van der Waals surface area (Å²) >= 11 is 1.48. The second-order valence-corrected chi connectivity index (χ2v) is 7.37. The third kappa shape index (κ3) is 2.91. The van der Waals surface area contributed by atoms with Gasteiger partial charge in [-0.05, 0) is 29.7 Å². The highest BCUT2D eigenvalue weighted by Crippen LogP contribution is 2.37. The van der Waals surface area contributed by atoms with Gasteiger partial charge in [-0.1, -0.05) is 36.4 Å². The molecule has 122 valence electrons. The zero-order chi connectivity index (χ0) is 16.5. The lowest BCUT2D eigenvalue weighted by atomic mass is 9.99. The molecule has 2 aromatic carbocycles. The number of hydrogen-bond donors (Lipinski definition) is 1. The fourth-order valence-electron chi connectivity index (χ4n) is 3.22. The second kappa shape index (κ2) is 6.32.